The first-order valence-corrected chi connectivity index (χ1v) is 8.60. The van der Waals surface area contributed by atoms with E-state index in [4.69, 9.17) is 4.74 Å². The molecule has 3 rings (SSSR count). The van der Waals surface area contributed by atoms with E-state index in [2.05, 4.69) is 26.9 Å². The Bertz CT molecular complexity index is 685. The van der Waals surface area contributed by atoms with Gasteiger partial charge in [-0.15, -0.1) is 0 Å². The second kappa shape index (κ2) is 7.61. The van der Waals surface area contributed by atoms with Crippen LogP contribution in [0.15, 0.2) is 18.5 Å². The minimum atomic E-state index is -0.132. The summed E-state index contributed by atoms with van der Waals surface area (Å²) < 4.78 is 9.40. The lowest BCUT2D eigenvalue weighted by atomic mass is 9.99. The van der Waals surface area contributed by atoms with Gasteiger partial charge in [0.15, 0.2) is 0 Å². The highest BCUT2D eigenvalue weighted by atomic mass is 16.5. The molecule has 0 saturated carbocycles. The number of hydrogen-bond donors (Lipinski definition) is 1. The molecule has 130 valence electrons. The molecule has 0 spiro atoms. The third-order valence-corrected chi connectivity index (χ3v) is 4.49. The van der Waals surface area contributed by atoms with Crippen molar-refractivity contribution in [2.24, 2.45) is 0 Å². The fourth-order valence-corrected chi connectivity index (χ4v) is 3.08. The molecule has 1 fully saturated rings. The molecule has 1 aliphatic rings. The lowest BCUT2D eigenvalue weighted by molar-refractivity contribution is 0.0827. The number of carbonyl (C=O) groups excluding carboxylic acids is 1. The van der Waals surface area contributed by atoms with Gasteiger partial charge in [-0.05, 0) is 32.8 Å². The summed E-state index contributed by atoms with van der Waals surface area (Å²) in [6.07, 6.45) is 5.75. The summed E-state index contributed by atoms with van der Waals surface area (Å²) in [5.74, 6) is 1.43. The standard InChI is InChI=1S/C17H25N5O2/c1-3-21-8-4-15(20-21)17(23)18-7-9-22-13(2)12-19-16(22)14-5-10-24-11-6-14/h4,8,12,14H,3,5-7,9-11H2,1-2H3,(H,18,23). The lowest BCUT2D eigenvalue weighted by Crippen LogP contribution is -2.29. The van der Waals surface area contributed by atoms with Crippen molar-refractivity contribution in [2.75, 3.05) is 19.8 Å². The van der Waals surface area contributed by atoms with Crippen molar-refractivity contribution >= 4 is 5.91 Å². The van der Waals surface area contributed by atoms with Gasteiger partial charge in [0.1, 0.15) is 11.5 Å². The van der Waals surface area contributed by atoms with Crippen LogP contribution in [-0.2, 0) is 17.8 Å². The smallest absolute Gasteiger partial charge is 0.271 e. The van der Waals surface area contributed by atoms with Crippen LogP contribution in [0.25, 0.3) is 0 Å². The van der Waals surface area contributed by atoms with Crippen molar-refractivity contribution in [1.29, 1.82) is 0 Å². The first-order chi connectivity index (χ1) is 11.7. The number of nitrogens with one attached hydrogen (secondary N) is 1. The molecule has 7 nitrogen and oxygen atoms in total. The van der Waals surface area contributed by atoms with Crippen molar-refractivity contribution < 1.29 is 9.53 Å². The first-order valence-electron chi connectivity index (χ1n) is 8.60. The number of nitrogens with zero attached hydrogens (tertiary/aromatic N) is 4. The highest BCUT2D eigenvalue weighted by Gasteiger charge is 2.21. The number of amides is 1. The summed E-state index contributed by atoms with van der Waals surface area (Å²) in [5.41, 5.74) is 1.59. The molecular weight excluding hydrogens is 306 g/mol. The van der Waals surface area contributed by atoms with E-state index in [-0.39, 0.29) is 5.91 Å². The minimum absolute atomic E-state index is 0.132. The Labute approximate surface area is 142 Å². The normalized spacial score (nSPS) is 15.6. The lowest BCUT2D eigenvalue weighted by Gasteiger charge is -2.23. The van der Waals surface area contributed by atoms with Gasteiger partial charge in [-0.25, -0.2) is 4.98 Å². The van der Waals surface area contributed by atoms with Crippen LogP contribution in [0.3, 0.4) is 0 Å². The molecule has 0 aliphatic carbocycles. The van der Waals surface area contributed by atoms with Crippen LogP contribution < -0.4 is 5.32 Å². The predicted octanol–water partition coefficient (Wildman–Crippen LogP) is 1.73. The van der Waals surface area contributed by atoms with Crippen molar-refractivity contribution in [3.8, 4) is 0 Å². The van der Waals surface area contributed by atoms with Crippen LogP contribution in [-0.4, -0.2) is 45.0 Å². The molecule has 0 aromatic carbocycles. The Kier molecular flexibility index (Phi) is 5.30. The second-order valence-corrected chi connectivity index (χ2v) is 6.11. The molecule has 1 amide bonds. The van der Waals surface area contributed by atoms with E-state index in [1.807, 2.05) is 19.3 Å². The number of carbonyl (C=O) groups is 1. The fourth-order valence-electron chi connectivity index (χ4n) is 3.08. The quantitative estimate of drug-likeness (QED) is 0.875. The minimum Gasteiger partial charge on any atom is -0.381 e. The van der Waals surface area contributed by atoms with Crippen molar-refractivity contribution in [2.45, 2.75) is 45.7 Å². The zero-order chi connectivity index (χ0) is 16.9. The third kappa shape index (κ3) is 3.67. The van der Waals surface area contributed by atoms with Gasteiger partial charge in [-0.1, -0.05) is 0 Å². The van der Waals surface area contributed by atoms with Crippen molar-refractivity contribution in [1.82, 2.24) is 24.6 Å². The average Bonchev–Trinajstić information content (AvgIpc) is 3.23. The van der Waals surface area contributed by atoms with E-state index in [1.165, 1.54) is 0 Å². The maximum absolute atomic E-state index is 12.1. The molecule has 2 aromatic rings. The van der Waals surface area contributed by atoms with Crippen LogP contribution in [0, 0.1) is 6.92 Å². The van der Waals surface area contributed by atoms with Crippen LogP contribution in [0.4, 0.5) is 0 Å². The number of aromatic nitrogens is 4. The topological polar surface area (TPSA) is 74.0 Å². The summed E-state index contributed by atoms with van der Waals surface area (Å²) >= 11 is 0. The number of hydrogen-bond acceptors (Lipinski definition) is 4. The molecular formula is C17H25N5O2. The van der Waals surface area contributed by atoms with Gasteiger partial charge in [0.2, 0.25) is 0 Å². The Balaban J connectivity index is 1.58. The molecule has 3 heterocycles. The van der Waals surface area contributed by atoms with E-state index in [0.29, 0.717) is 18.2 Å². The van der Waals surface area contributed by atoms with Crippen LogP contribution in [0.2, 0.25) is 0 Å². The number of rotatable bonds is 6. The maximum Gasteiger partial charge on any atom is 0.271 e. The average molecular weight is 331 g/mol. The summed E-state index contributed by atoms with van der Waals surface area (Å²) in [6, 6.07) is 1.74. The van der Waals surface area contributed by atoms with Gasteiger partial charge in [-0.3, -0.25) is 9.48 Å². The molecule has 1 saturated heterocycles. The Morgan fingerprint density at radius 1 is 1.42 bits per heavy atom. The van der Waals surface area contributed by atoms with Crippen LogP contribution >= 0.6 is 0 Å². The molecule has 1 N–H and O–H groups in total. The Hall–Kier alpha value is -2.15. The molecule has 2 aromatic heterocycles. The third-order valence-electron chi connectivity index (χ3n) is 4.49. The highest BCUT2D eigenvalue weighted by Crippen LogP contribution is 2.26. The molecule has 24 heavy (non-hydrogen) atoms. The zero-order valence-electron chi connectivity index (χ0n) is 14.4. The molecule has 0 atom stereocenters. The first kappa shape index (κ1) is 16.7. The van der Waals surface area contributed by atoms with Crippen LogP contribution in [0.5, 0.6) is 0 Å². The number of imidazole rings is 1. The number of aryl methyl sites for hydroxylation is 2. The SMILES string of the molecule is CCn1ccc(C(=O)NCCn2c(C)cnc2C2CCOCC2)n1. The van der Waals surface area contributed by atoms with Crippen molar-refractivity contribution in [3.63, 3.8) is 0 Å². The largest absolute Gasteiger partial charge is 0.381 e. The monoisotopic (exact) mass is 331 g/mol. The van der Waals surface area contributed by atoms with Gasteiger partial charge < -0.3 is 14.6 Å². The van der Waals surface area contributed by atoms with Gasteiger partial charge in [-0.2, -0.15) is 5.10 Å². The van der Waals surface area contributed by atoms with E-state index >= 15 is 0 Å². The van der Waals surface area contributed by atoms with E-state index in [9.17, 15) is 4.79 Å². The molecule has 0 radical (unpaired) electrons. The van der Waals surface area contributed by atoms with E-state index < -0.39 is 0 Å². The van der Waals surface area contributed by atoms with Crippen molar-refractivity contribution in [3.05, 3.63) is 35.7 Å². The van der Waals surface area contributed by atoms with E-state index in [0.717, 1.165) is 50.7 Å². The maximum atomic E-state index is 12.1. The summed E-state index contributed by atoms with van der Waals surface area (Å²) in [5, 5.41) is 7.17. The van der Waals surface area contributed by atoms with Gasteiger partial charge >= 0.3 is 0 Å². The van der Waals surface area contributed by atoms with Gasteiger partial charge in [0.05, 0.1) is 0 Å². The summed E-state index contributed by atoms with van der Waals surface area (Å²) in [6.45, 7) is 7.69. The van der Waals surface area contributed by atoms with Gasteiger partial charge in [0.25, 0.3) is 5.91 Å². The summed E-state index contributed by atoms with van der Waals surface area (Å²) in [4.78, 5) is 16.7. The second-order valence-electron chi connectivity index (χ2n) is 6.11. The Morgan fingerprint density at radius 3 is 2.92 bits per heavy atom. The van der Waals surface area contributed by atoms with Crippen LogP contribution in [0.1, 0.15) is 47.7 Å². The molecule has 0 unspecified atom stereocenters. The predicted molar refractivity (Wildman–Crippen MR) is 90.0 cm³/mol. The zero-order valence-corrected chi connectivity index (χ0v) is 14.4. The highest BCUT2D eigenvalue weighted by molar-refractivity contribution is 5.92. The van der Waals surface area contributed by atoms with E-state index in [1.54, 1.807) is 10.7 Å². The fraction of sp³-hybridized carbons (Fsp3) is 0.588. The molecule has 0 bridgehead atoms. The van der Waals surface area contributed by atoms with Gasteiger partial charge in [0, 0.05) is 56.9 Å². The molecule has 7 heteroatoms. The molecule has 1 aliphatic heterocycles. The summed E-state index contributed by atoms with van der Waals surface area (Å²) in [7, 11) is 0. The number of ether oxygens (including phenoxy) is 1. The Morgan fingerprint density at radius 2 is 2.21 bits per heavy atom.